The predicted octanol–water partition coefficient (Wildman–Crippen LogP) is 3.51. The van der Waals surface area contributed by atoms with Gasteiger partial charge in [-0.2, -0.15) is 0 Å². The molecule has 22 heavy (non-hydrogen) atoms. The Morgan fingerprint density at radius 3 is 2.45 bits per heavy atom. The van der Waals surface area contributed by atoms with Crippen molar-refractivity contribution in [2.45, 2.75) is 13.8 Å². The number of hydrogen-bond donors (Lipinski definition) is 1. The second-order valence-electron chi connectivity index (χ2n) is 5.21. The zero-order valence-corrected chi connectivity index (χ0v) is 13.0. The summed E-state index contributed by atoms with van der Waals surface area (Å²) in [5.41, 5.74) is 3.35. The molecule has 114 valence electrons. The summed E-state index contributed by atoms with van der Waals surface area (Å²) < 4.78 is 5.64. The number of nitrogens with one attached hydrogen (secondary N) is 1. The Labute approximate surface area is 131 Å². The molecule has 0 aliphatic heterocycles. The van der Waals surface area contributed by atoms with E-state index in [0.29, 0.717) is 13.2 Å². The van der Waals surface area contributed by atoms with Gasteiger partial charge >= 0.3 is 0 Å². The molecule has 0 spiro atoms. The smallest absolute Gasteiger partial charge is 0.244 e. The van der Waals surface area contributed by atoms with Gasteiger partial charge in [-0.3, -0.25) is 4.79 Å². The van der Waals surface area contributed by atoms with Crippen molar-refractivity contribution in [3.8, 4) is 5.75 Å². The second kappa shape index (κ2) is 8.03. The van der Waals surface area contributed by atoms with Crippen LogP contribution in [0.3, 0.4) is 0 Å². The molecule has 0 radical (unpaired) electrons. The van der Waals surface area contributed by atoms with Crippen molar-refractivity contribution in [2.24, 2.45) is 0 Å². The molecule has 0 saturated carbocycles. The van der Waals surface area contributed by atoms with E-state index in [2.05, 4.69) is 11.4 Å². The van der Waals surface area contributed by atoms with Gasteiger partial charge < -0.3 is 10.1 Å². The van der Waals surface area contributed by atoms with Gasteiger partial charge in [-0.05, 0) is 48.7 Å². The quantitative estimate of drug-likeness (QED) is 0.654. The Hall–Kier alpha value is -2.55. The van der Waals surface area contributed by atoms with Gasteiger partial charge in [0.25, 0.3) is 0 Å². The molecule has 0 aliphatic rings. The number of hydrogen-bond acceptors (Lipinski definition) is 2. The minimum Gasteiger partial charge on any atom is -0.492 e. The molecule has 0 atom stereocenters. The lowest BCUT2D eigenvalue weighted by molar-refractivity contribution is -0.116. The van der Waals surface area contributed by atoms with Crippen molar-refractivity contribution in [3.05, 3.63) is 71.3 Å². The lowest BCUT2D eigenvalue weighted by atomic mass is 10.1. The summed E-state index contributed by atoms with van der Waals surface area (Å²) in [6.45, 7) is 5.00. The van der Waals surface area contributed by atoms with Crippen molar-refractivity contribution in [1.82, 2.24) is 5.32 Å². The number of aryl methyl sites for hydroxylation is 2. The van der Waals surface area contributed by atoms with Crippen LogP contribution < -0.4 is 10.1 Å². The van der Waals surface area contributed by atoms with Crippen molar-refractivity contribution in [3.63, 3.8) is 0 Å². The molecule has 0 fully saturated rings. The van der Waals surface area contributed by atoms with Gasteiger partial charge in [0.2, 0.25) is 5.91 Å². The maximum atomic E-state index is 11.7. The lowest BCUT2D eigenvalue weighted by Gasteiger charge is -2.08. The van der Waals surface area contributed by atoms with Gasteiger partial charge in [-0.1, -0.05) is 36.4 Å². The van der Waals surface area contributed by atoms with E-state index < -0.39 is 0 Å². The Balaban J connectivity index is 1.72. The summed E-state index contributed by atoms with van der Waals surface area (Å²) in [5.74, 6) is 0.722. The van der Waals surface area contributed by atoms with Gasteiger partial charge in [0.1, 0.15) is 12.4 Å². The predicted molar refractivity (Wildman–Crippen MR) is 89.9 cm³/mol. The monoisotopic (exact) mass is 295 g/mol. The standard InChI is InChI=1S/C19H21NO2/c1-15-12-16(2)14-18(13-15)22-11-10-20-19(21)9-8-17-6-4-3-5-7-17/h3-9,12-14H,10-11H2,1-2H3,(H,20,21). The first-order valence-electron chi connectivity index (χ1n) is 7.35. The molecule has 2 aromatic carbocycles. The van der Waals surface area contributed by atoms with Crippen LogP contribution in [0, 0.1) is 13.8 Å². The third-order valence-corrected chi connectivity index (χ3v) is 3.09. The van der Waals surface area contributed by atoms with Crippen LogP contribution in [0.1, 0.15) is 16.7 Å². The SMILES string of the molecule is Cc1cc(C)cc(OCCNC(=O)C=Cc2ccccc2)c1. The lowest BCUT2D eigenvalue weighted by Crippen LogP contribution is -2.26. The number of carbonyl (C=O) groups excluding carboxylic acids is 1. The molecule has 0 heterocycles. The van der Waals surface area contributed by atoms with E-state index in [-0.39, 0.29) is 5.91 Å². The average Bonchev–Trinajstić information content (AvgIpc) is 2.50. The van der Waals surface area contributed by atoms with Crippen LogP contribution in [0.5, 0.6) is 5.75 Å². The topological polar surface area (TPSA) is 38.3 Å². The summed E-state index contributed by atoms with van der Waals surface area (Å²) in [4.78, 5) is 11.7. The summed E-state index contributed by atoms with van der Waals surface area (Å²) in [6, 6.07) is 15.8. The first kappa shape index (κ1) is 15.8. The molecule has 1 amide bonds. The molecule has 1 N–H and O–H groups in total. The summed E-state index contributed by atoms with van der Waals surface area (Å²) in [6.07, 6.45) is 3.33. The highest BCUT2D eigenvalue weighted by molar-refractivity contribution is 5.91. The van der Waals surface area contributed by atoms with Gasteiger partial charge in [-0.15, -0.1) is 0 Å². The molecule has 3 heteroatoms. The first-order valence-corrected chi connectivity index (χ1v) is 7.35. The Morgan fingerprint density at radius 1 is 1.09 bits per heavy atom. The number of carbonyl (C=O) groups is 1. The van der Waals surface area contributed by atoms with E-state index in [1.54, 1.807) is 6.08 Å². The van der Waals surface area contributed by atoms with Crippen molar-refractivity contribution in [2.75, 3.05) is 13.2 Å². The van der Waals surface area contributed by atoms with Gasteiger partial charge in [-0.25, -0.2) is 0 Å². The van der Waals surface area contributed by atoms with Crippen molar-refractivity contribution < 1.29 is 9.53 Å². The van der Waals surface area contributed by atoms with Crippen molar-refractivity contribution in [1.29, 1.82) is 0 Å². The molecule has 0 unspecified atom stereocenters. The minimum atomic E-state index is -0.118. The minimum absolute atomic E-state index is 0.118. The molecular weight excluding hydrogens is 274 g/mol. The van der Waals surface area contributed by atoms with Crippen LogP contribution in [0.25, 0.3) is 6.08 Å². The molecular formula is C19H21NO2. The Morgan fingerprint density at radius 2 is 1.77 bits per heavy atom. The van der Waals surface area contributed by atoms with E-state index >= 15 is 0 Å². The number of amides is 1. The highest BCUT2D eigenvalue weighted by Crippen LogP contribution is 2.15. The summed E-state index contributed by atoms with van der Waals surface area (Å²) in [7, 11) is 0. The average molecular weight is 295 g/mol. The third kappa shape index (κ3) is 5.44. The highest BCUT2D eigenvalue weighted by atomic mass is 16.5. The Kier molecular flexibility index (Phi) is 5.78. The van der Waals surface area contributed by atoms with E-state index in [9.17, 15) is 4.79 Å². The van der Waals surface area contributed by atoms with Crippen LogP contribution >= 0.6 is 0 Å². The summed E-state index contributed by atoms with van der Waals surface area (Å²) >= 11 is 0. The molecule has 3 nitrogen and oxygen atoms in total. The first-order chi connectivity index (χ1) is 10.6. The second-order valence-corrected chi connectivity index (χ2v) is 5.21. The molecule has 0 saturated heterocycles. The van der Waals surface area contributed by atoms with Gasteiger partial charge in [0.15, 0.2) is 0 Å². The Bertz CT molecular complexity index is 627. The van der Waals surface area contributed by atoms with Crippen LogP contribution in [0.4, 0.5) is 0 Å². The zero-order valence-electron chi connectivity index (χ0n) is 13.0. The maximum absolute atomic E-state index is 11.7. The van der Waals surface area contributed by atoms with Gasteiger partial charge in [0.05, 0.1) is 6.54 Å². The summed E-state index contributed by atoms with van der Waals surface area (Å²) in [5, 5.41) is 2.80. The van der Waals surface area contributed by atoms with E-state index in [4.69, 9.17) is 4.74 Å². The normalized spacial score (nSPS) is 10.6. The van der Waals surface area contributed by atoms with E-state index in [1.807, 2.05) is 56.3 Å². The fraction of sp³-hybridized carbons (Fsp3) is 0.211. The van der Waals surface area contributed by atoms with Gasteiger partial charge in [0, 0.05) is 6.08 Å². The number of rotatable bonds is 6. The van der Waals surface area contributed by atoms with Crippen LogP contribution in [0.2, 0.25) is 0 Å². The van der Waals surface area contributed by atoms with Crippen molar-refractivity contribution >= 4 is 12.0 Å². The molecule has 0 bridgehead atoms. The number of ether oxygens (including phenoxy) is 1. The van der Waals surface area contributed by atoms with Crippen LogP contribution in [-0.2, 0) is 4.79 Å². The number of benzene rings is 2. The molecule has 2 rings (SSSR count). The maximum Gasteiger partial charge on any atom is 0.244 e. The highest BCUT2D eigenvalue weighted by Gasteiger charge is 1.98. The largest absolute Gasteiger partial charge is 0.492 e. The zero-order chi connectivity index (χ0) is 15.8. The molecule has 0 aliphatic carbocycles. The van der Waals surface area contributed by atoms with Crippen LogP contribution in [0.15, 0.2) is 54.6 Å². The fourth-order valence-corrected chi connectivity index (χ4v) is 2.15. The third-order valence-electron chi connectivity index (χ3n) is 3.09. The van der Waals surface area contributed by atoms with E-state index in [0.717, 1.165) is 11.3 Å². The molecule has 0 aromatic heterocycles. The fourth-order valence-electron chi connectivity index (χ4n) is 2.15. The van der Waals surface area contributed by atoms with E-state index in [1.165, 1.54) is 17.2 Å². The molecule has 2 aromatic rings. The van der Waals surface area contributed by atoms with Crippen LogP contribution in [-0.4, -0.2) is 19.1 Å².